The van der Waals surface area contributed by atoms with Gasteiger partial charge >= 0.3 is 0 Å². The Labute approximate surface area is 158 Å². The number of amides is 1. The average molecular weight is 362 g/mol. The maximum atomic E-state index is 13.1. The average Bonchev–Trinajstić information content (AvgIpc) is 2.54. The van der Waals surface area contributed by atoms with E-state index < -0.39 is 5.60 Å². The third-order valence-electron chi connectivity index (χ3n) is 5.07. The van der Waals surface area contributed by atoms with Gasteiger partial charge in [-0.25, -0.2) is 0 Å². The molecule has 1 amide bonds. The minimum absolute atomic E-state index is 0.0134. The van der Waals surface area contributed by atoms with E-state index in [9.17, 15) is 4.79 Å². The lowest BCUT2D eigenvalue weighted by atomic mass is 9.78. The van der Waals surface area contributed by atoms with Crippen molar-refractivity contribution in [3.8, 4) is 5.75 Å². The summed E-state index contributed by atoms with van der Waals surface area (Å²) in [6.07, 6.45) is 3.79. The number of ether oxygens (including phenoxy) is 2. The van der Waals surface area contributed by atoms with Crippen molar-refractivity contribution in [3.63, 3.8) is 0 Å². The molecule has 0 heterocycles. The van der Waals surface area contributed by atoms with Gasteiger partial charge in [0.1, 0.15) is 11.4 Å². The zero-order valence-corrected chi connectivity index (χ0v) is 17.3. The first kappa shape index (κ1) is 20.8. The van der Waals surface area contributed by atoms with E-state index in [0.717, 1.165) is 41.8 Å². The number of aryl methyl sites for hydroxylation is 2. The smallest absolute Gasteiger partial charge is 0.256 e. The highest BCUT2D eigenvalue weighted by Crippen LogP contribution is 2.37. The van der Waals surface area contributed by atoms with Crippen LogP contribution in [0.1, 0.15) is 64.5 Å². The highest BCUT2D eigenvalue weighted by molar-refractivity contribution is 5.97. The van der Waals surface area contributed by atoms with Crippen LogP contribution in [0.15, 0.2) is 12.1 Å². The second-order valence-electron chi connectivity index (χ2n) is 8.23. The van der Waals surface area contributed by atoms with Crippen LogP contribution in [-0.2, 0) is 9.53 Å². The van der Waals surface area contributed by atoms with E-state index in [0.29, 0.717) is 25.0 Å². The number of nitrogens with one attached hydrogen (secondary N) is 1. The molecular formula is C22H35NO3. The molecule has 2 rings (SSSR count). The molecule has 1 aromatic carbocycles. The molecule has 4 heteroatoms. The molecule has 0 spiro atoms. The fourth-order valence-corrected chi connectivity index (χ4v) is 3.93. The highest BCUT2D eigenvalue weighted by atomic mass is 16.5. The van der Waals surface area contributed by atoms with Gasteiger partial charge in [0.2, 0.25) is 0 Å². The summed E-state index contributed by atoms with van der Waals surface area (Å²) in [4.78, 5) is 13.1. The van der Waals surface area contributed by atoms with Crippen LogP contribution in [0.5, 0.6) is 5.75 Å². The second-order valence-corrected chi connectivity index (χ2v) is 8.23. The Morgan fingerprint density at radius 2 is 1.96 bits per heavy atom. The van der Waals surface area contributed by atoms with Crippen molar-refractivity contribution in [2.75, 3.05) is 18.5 Å². The number of benzene rings is 1. The lowest BCUT2D eigenvalue weighted by molar-refractivity contribution is -0.147. The van der Waals surface area contributed by atoms with Crippen LogP contribution >= 0.6 is 0 Å². The van der Waals surface area contributed by atoms with Gasteiger partial charge in [-0.15, -0.1) is 0 Å². The predicted octanol–water partition coefficient (Wildman–Crippen LogP) is 5.26. The van der Waals surface area contributed by atoms with E-state index in [-0.39, 0.29) is 5.91 Å². The fraction of sp³-hybridized carbons (Fsp3) is 0.682. The summed E-state index contributed by atoms with van der Waals surface area (Å²) in [5, 5.41) is 3.11. The summed E-state index contributed by atoms with van der Waals surface area (Å²) < 4.78 is 11.9. The van der Waals surface area contributed by atoms with Crippen LogP contribution in [-0.4, -0.2) is 24.7 Å². The Hall–Kier alpha value is -1.55. The van der Waals surface area contributed by atoms with Crippen molar-refractivity contribution in [2.24, 2.45) is 11.8 Å². The van der Waals surface area contributed by atoms with Gasteiger partial charge in [0.05, 0.1) is 6.61 Å². The highest BCUT2D eigenvalue weighted by Gasteiger charge is 2.42. The van der Waals surface area contributed by atoms with E-state index in [1.54, 1.807) is 0 Å². The zero-order valence-electron chi connectivity index (χ0n) is 17.3. The Morgan fingerprint density at radius 3 is 2.50 bits per heavy atom. The number of hydrogen-bond acceptors (Lipinski definition) is 3. The maximum absolute atomic E-state index is 13.1. The molecule has 4 nitrogen and oxygen atoms in total. The Morgan fingerprint density at radius 1 is 1.31 bits per heavy atom. The predicted molar refractivity (Wildman–Crippen MR) is 107 cm³/mol. The van der Waals surface area contributed by atoms with Gasteiger partial charge in [-0.1, -0.05) is 27.2 Å². The van der Waals surface area contributed by atoms with Crippen LogP contribution in [0, 0.1) is 25.7 Å². The monoisotopic (exact) mass is 361 g/mol. The summed E-state index contributed by atoms with van der Waals surface area (Å²) in [6.45, 7) is 13.7. The zero-order chi connectivity index (χ0) is 19.3. The van der Waals surface area contributed by atoms with Crippen molar-refractivity contribution in [1.82, 2.24) is 0 Å². The number of anilines is 1. The van der Waals surface area contributed by atoms with Crippen molar-refractivity contribution >= 4 is 11.6 Å². The molecule has 26 heavy (non-hydrogen) atoms. The van der Waals surface area contributed by atoms with Gasteiger partial charge < -0.3 is 14.8 Å². The van der Waals surface area contributed by atoms with Gasteiger partial charge in [-0.3, -0.25) is 4.79 Å². The van der Waals surface area contributed by atoms with Gasteiger partial charge in [0.15, 0.2) is 0 Å². The molecule has 0 saturated heterocycles. The first-order valence-electron chi connectivity index (χ1n) is 9.97. The molecule has 1 aliphatic carbocycles. The molecule has 1 saturated carbocycles. The normalized spacial score (nSPS) is 23.1. The summed E-state index contributed by atoms with van der Waals surface area (Å²) in [5.74, 6) is 1.90. The lowest BCUT2D eigenvalue weighted by Crippen LogP contribution is -2.48. The van der Waals surface area contributed by atoms with E-state index in [1.165, 1.54) is 6.42 Å². The molecular weight excluding hydrogens is 326 g/mol. The largest absolute Gasteiger partial charge is 0.493 e. The molecule has 0 radical (unpaired) electrons. The Bertz CT molecular complexity index is 599. The molecule has 0 bridgehead atoms. The van der Waals surface area contributed by atoms with Gasteiger partial charge in [-0.2, -0.15) is 0 Å². The molecule has 0 aromatic heterocycles. The molecule has 2 atom stereocenters. The SMILES string of the molecule is CCO[C@]1(C(=O)Nc2cc(C)c(OCC(C)C)c(C)c2)CCC[C@H](C)C1. The lowest BCUT2D eigenvalue weighted by Gasteiger charge is -2.38. The maximum Gasteiger partial charge on any atom is 0.256 e. The fourth-order valence-electron chi connectivity index (χ4n) is 3.93. The van der Waals surface area contributed by atoms with Crippen LogP contribution in [0.4, 0.5) is 5.69 Å². The van der Waals surface area contributed by atoms with Crippen molar-refractivity contribution in [1.29, 1.82) is 0 Å². The molecule has 1 N–H and O–H groups in total. The molecule has 1 fully saturated rings. The summed E-state index contributed by atoms with van der Waals surface area (Å²) in [7, 11) is 0. The van der Waals surface area contributed by atoms with Crippen LogP contribution in [0.3, 0.4) is 0 Å². The third-order valence-corrected chi connectivity index (χ3v) is 5.07. The summed E-state index contributed by atoms with van der Waals surface area (Å²) in [6, 6.07) is 3.99. The molecule has 146 valence electrons. The van der Waals surface area contributed by atoms with Crippen LogP contribution < -0.4 is 10.1 Å². The number of hydrogen-bond donors (Lipinski definition) is 1. The van der Waals surface area contributed by atoms with Crippen molar-refractivity contribution in [2.45, 2.75) is 72.8 Å². The Kier molecular flexibility index (Phi) is 7.10. The van der Waals surface area contributed by atoms with Crippen LogP contribution in [0.2, 0.25) is 0 Å². The summed E-state index contributed by atoms with van der Waals surface area (Å²) in [5.41, 5.74) is 2.21. The van der Waals surface area contributed by atoms with E-state index in [1.807, 2.05) is 32.9 Å². The third kappa shape index (κ3) is 5.00. The Balaban J connectivity index is 2.17. The van der Waals surface area contributed by atoms with Crippen LogP contribution in [0.25, 0.3) is 0 Å². The van der Waals surface area contributed by atoms with Crippen molar-refractivity contribution < 1.29 is 14.3 Å². The minimum atomic E-state index is -0.693. The van der Waals surface area contributed by atoms with Gasteiger partial charge in [0, 0.05) is 12.3 Å². The topological polar surface area (TPSA) is 47.6 Å². The molecule has 1 aromatic rings. The van der Waals surface area contributed by atoms with Gasteiger partial charge in [0.25, 0.3) is 5.91 Å². The summed E-state index contributed by atoms with van der Waals surface area (Å²) >= 11 is 0. The molecule has 0 aliphatic heterocycles. The first-order valence-corrected chi connectivity index (χ1v) is 9.97. The number of carbonyl (C=O) groups excluding carboxylic acids is 1. The van der Waals surface area contributed by atoms with Gasteiger partial charge in [-0.05, 0) is 75.1 Å². The van der Waals surface area contributed by atoms with E-state index in [2.05, 4.69) is 26.1 Å². The first-order chi connectivity index (χ1) is 12.3. The second kappa shape index (κ2) is 8.90. The number of rotatable bonds is 7. The molecule has 1 aliphatic rings. The molecule has 0 unspecified atom stereocenters. The van der Waals surface area contributed by atoms with E-state index >= 15 is 0 Å². The minimum Gasteiger partial charge on any atom is -0.493 e. The van der Waals surface area contributed by atoms with Crippen molar-refractivity contribution in [3.05, 3.63) is 23.3 Å². The standard InChI is InChI=1S/C22H35NO3/c1-7-26-22(10-8-9-16(4)13-22)21(24)23-19-11-17(5)20(18(6)12-19)25-14-15(2)3/h11-12,15-16H,7-10,13-14H2,1-6H3,(H,23,24)/t16-,22+/m0/s1. The van der Waals surface area contributed by atoms with E-state index in [4.69, 9.17) is 9.47 Å². The number of carbonyl (C=O) groups is 1. The quantitative estimate of drug-likeness (QED) is 0.720.